The minimum atomic E-state index is -0.0686. The van der Waals surface area contributed by atoms with Crippen molar-refractivity contribution in [1.29, 1.82) is 0 Å². The zero-order valence-electron chi connectivity index (χ0n) is 16.7. The van der Waals surface area contributed by atoms with E-state index in [1.54, 1.807) is 21.3 Å². The van der Waals surface area contributed by atoms with Gasteiger partial charge in [-0.2, -0.15) is 0 Å². The number of nitrogens with one attached hydrogen (secondary N) is 1. The van der Waals surface area contributed by atoms with E-state index in [2.05, 4.69) is 22.3 Å². The smallest absolute Gasteiger partial charge is 0.228 e. The minimum absolute atomic E-state index is 0.0686. The van der Waals surface area contributed by atoms with Crippen LogP contribution in [0.4, 0.5) is 11.4 Å². The summed E-state index contributed by atoms with van der Waals surface area (Å²) in [7, 11) is 4.95. The molecule has 1 aliphatic rings. The summed E-state index contributed by atoms with van der Waals surface area (Å²) >= 11 is 0. The van der Waals surface area contributed by atoms with E-state index in [-0.39, 0.29) is 12.3 Å². The molecule has 0 aliphatic carbocycles. The van der Waals surface area contributed by atoms with E-state index in [1.165, 1.54) is 5.69 Å². The number of hydrogen-bond donors (Lipinski definition) is 1. The van der Waals surface area contributed by atoms with Gasteiger partial charge in [-0.05, 0) is 54.8 Å². The Labute approximate surface area is 166 Å². The Morgan fingerprint density at radius 2 is 1.68 bits per heavy atom. The first kappa shape index (κ1) is 20.0. The predicted molar refractivity (Wildman–Crippen MR) is 111 cm³/mol. The Hall–Kier alpha value is -2.73. The number of carbonyl (C=O) groups excluding carboxylic acids is 1. The van der Waals surface area contributed by atoms with Gasteiger partial charge in [0.15, 0.2) is 11.5 Å². The number of ether oxygens (including phenoxy) is 3. The first-order chi connectivity index (χ1) is 13.6. The lowest BCUT2D eigenvalue weighted by atomic mass is 10.1. The van der Waals surface area contributed by atoms with Crippen LogP contribution in [0.2, 0.25) is 0 Å². The van der Waals surface area contributed by atoms with Gasteiger partial charge in [0.05, 0.1) is 26.7 Å². The molecule has 0 spiro atoms. The fraction of sp³-hybridized carbons (Fsp3) is 0.409. The highest BCUT2D eigenvalue weighted by molar-refractivity contribution is 5.92. The lowest BCUT2D eigenvalue weighted by Gasteiger charge is -2.33. The van der Waals surface area contributed by atoms with Crippen LogP contribution in [0.15, 0.2) is 42.5 Å². The first-order valence-corrected chi connectivity index (χ1v) is 9.51. The molecule has 1 heterocycles. The van der Waals surface area contributed by atoms with Crippen LogP contribution < -0.4 is 19.7 Å². The Kier molecular flexibility index (Phi) is 6.76. The van der Waals surface area contributed by atoms with Crippen molar-refractivity contribution < 1.29 is 19.0 Å². The molecule has 1 saturated heterocycles. The maximum atomic E-state index is 12.4. The van der Waals surface area contributed by atoms with E-state index < -0.39 is 0 Å². The van der Waals surface area contributed by atoms with Crippen molar-refractivity contribution in [2.24, 2.45) is 0 Å². The monoisotopic (exact) mass is 384 g/mol. The number of methoxy groups -OCH3 is 3. The maximum Gasteiger partial charge on any atom is 0.228 e. The standard InChI is InChI=1S/C22H28N2O4/c1-26-19-10-12-24(13-11-19)18-7-5-17(6-8-18)23-22(25)15-16-4-9-20(27-2)21(14-16)28-3/h4-9,14,19H,10-13,15H2,1-3H3,(H,23,25). The van der Waals surface area contributed by atoms with E-state index in [9.17, 15) is 4.79 Å². The van der Waals surface area contributed by atoms with E-state index >= 15 is 0 Å². The molecule has 1 N–H and O–H groups in total. The van der Waals surface area contributed by atoms with Gasteiger partial charge in [0.2, 0.25) is 5.91 Å². The van der Waals surface area contributed by atoms with Crippen molar-refractivity contribution >= 4 is 17.3 Å². The van der Waals surface area contributed by atoms with Crippen LogP contribution in [-0.2, 0) is 16.0 Å². The van der Waals surface area contributed by atoms with Crippen molar-refractivity contribution in [2.75, 3.05) is 44.6 Å². The molecule has 2 aromatic carbocycles. The second-order valence-corrected chi connectivity index (χ2v) is 6.88. The minimum Gasteiger partial charge on any atom is -0.493 e. The topological polar surface area (TPSA) is 60.0 Å². The molecule has 0 saturated carbocycles. The van der Waals surface area contributed by atoms with Crippen LogP contribution in [0.1, 0.15) is 18.4 Å². The van der Waals surface area contributed by atoms with Gasteiger partial charge in [-0.25, -0.2) is 0 Å². The number of hydrogen-bond acceptors (Lipinski definition) is 5. The Morgan fingerprint density at radius 3 is 2.29 bits per heavy atom. The zero-order chi connectivity index (χ0) is 19.9. The molecule has 28 heavy (non-hydrogen) atoms. The van der Waals surface area contributed by atoms with Gasteiger partial charge in [-0.1, -0.05) is 6.07 Å². The van der Waals surface area contributed by atoms with E-state index in [1.807, 2.05) is 30.3 Å². The van der Waals surface area contributed by atoms with Crippen LogP contribution in [0.5, 0.6) is 11.5 Å². The zero-order valence-corrected chi connectivity index (χ0v) is 16.7. The third-order valence-corrected chi connectivity index (χ3v) is 5.10. The van der Waals surface area contributed by atoms with Crippen LogP contribution in [-0.4, -0.2) is 46.4 Å². The van der Waals surface area contributed by atoms with Gasteiger partial charge < -0.3 is 24.4 Å². The predicted octanol–water partition coefficient (Wildman–Crippen LogP) is 3.50. The molecule has 2 aromatic rings. The van der Waals surface area contributed by atoms with Gasteiger partial charge in [0, 0.05) is 31.6 Å². The average molecular weight is 384 g/mol. The number of piperidine rings is 1. The van der Waals surface area contributed by atoms with Crippen molar-refractivity contribution in [2.45, 2.75) is 25.4 Å². The Bertz CT molecular complexity index is 784. The molecular formula is C22H28N2O4. The lowest BCUT2D eigenvalue weighted by Crippen LogP contribution is -2.36. The van der Waals surface area contributed by atoms with E-state index in [0.29, 0.717) is 17.6 Å². The summed E-state index contributed by atoms with van der Waals surface area (Å²) in [6.45, 7) is 1.98. The number of carbonyl (C=O) groups is 1. The number of rotatable bonds is 7. The number of amides is 1. The summed E-state index contributed by atoms with van der Waals surface area (Å²) in [5, 5.41) is 2.95. The molecule has 0 aromatic heterocycles. The van der Waals surface area contributed by atoms with Crippen molar-refractivity contribution in [3.05, 3.63) is 48.0 Å². The molecule has 0 unspecified atom stereocenters. The molecule has 0 radical (unpaired) electrons. The Balaban J connectivity index is 1.56. The number of benzene rings is 2. The van der Waals surface area contributed by atoms with E-state index in [4.69, 9.17) is 14.2 Å². The summed E-state index contributed by atoms with van der Waals surface area (Å²) in [6, 6.07) is 13.5. The van der Waals surface area contributed by atoms with Crippen molar-refractivity contribution in [3.8, 4) is 11.5 Å². The molecule has 150 valence electrons. The maximum absolute atomic E-state index is 12.4. The van der Waals surface area contributed by atoms with Crippen molar-refractivity contribution in [1.82, 2.24) is 0 Å². The third kappa shape index (κ3) is 4.95. The molecule has 0 bridgehead atoms. The highest BCUT2D eigenvalue weighted by Gasteiger charge is 2.18. The summed E-state index contributed by atoms with van der Waals surface area (Å²) < 4.78 is 15.9. The highest BCUT2D eigenvalue weighted by atomic mass is 16.5. The van der Waals surface area contributed by atoms with Crippen molar-refractivity contribution in [3.63, 3.8) is 0 Å². The summed E-state index contributed by atoms with van der Waals surface area (Å²) in [5.41, 5.74) is 2.83. The van der Waals surface area contributed by atoms with Gasteiger partial charge in [0.25, 0.3) is 0 Å². The highest BCUT2D eigenvalue weighted by Crippen LogP contribution is 2.28. The number of nitrogens with zero attached hydrogens (tertiary/aromatic N) is 1. The summed E-state index contributed by atoms with van der Waals surface area (Å²) in [4.78, 5) is 14.7. The molecule has 1 fully saturated rings. The van der Waals surface area contributed by atoms with Crippen LogP contribution in [0, 0.1) is 0 Å². The Morgan fingerprint density at radius 1 is 1.00 bits per heavy atom. The molecule has 3 rings (SSSR count). The van der Waals surface area contributed by atoms with Gasteiger partial charge in [-0.15, -0.1) is 0 Å². The van der Waals surface area contributed by atoms with Gasteiger partial charge >= 0.3 is 0 Å². The average Bonchev–Trinajstić information content (AvgIpc) is 2.74. The van der Waals surface area contributed by atoms with Crippen LogP contribution >= 0.6 is 0 Å². The molecule has 0 atom stereocenters. The van der Waals surface area contributed by atoms with Gasteiger partial charge in [0.1, 0.15) is 0 Å². The largest absolute Gasteiger partial charge is 0.493 e. The molecule has 1 amide bonds. The fourth-order valence-electron chi connectivity index (χ4n) is 3.49. The SMILES string of the molecule is COc1ccc(CC(=O)Nc2ccc(N3CCC(OC)CC3)cc2)cc1OC. The quantitative estimate of drug-likeness (QED) is 0.792. The third-order valence-electron chi connectivity index (χ3n) is 5.10. The normalized spacial score (nSPS) is 14.6. The summed E-state index contributed by atoms with van der Waals surface area (Å²) in [6.07, 6.45) is 2.72. The van der Waals surface area contributed by atoms with Gasteiger partial charge in [-0.3, -0.25) is 4.79 Å². The second-order valence-electron chi connectivity index (χ2n) is 6.88. The molecular weight excluding hydrogens is 356 g/mol. The molecule has 6 heteroatoms. The summed E-state index contributed by atoms with van der Waals surface area (Å²) in [5.74, 6) is 1.20. The lowest BCUT2D eigenvalue weighted by molar-refractivity contribution is -0.115. The van der Waals surface area contributed by atoms with E-state index in [0.717, 1.165) is 37.2 Å². The number of anilines is 2. The fourth-order valence-corrected chi connectivity index (χ4v) is 3.49. The molecule has 6 nitrogen and oxygen atoms in total. The first-order valence-electron chi connectivity index (χ1n) is 9.51. The van der Waals surface area contributed by atoms with Crippen LogP contribution in [0.25, 0.3) is 0 Å². The second kappa shape index (κ2) is 9.46. The molecule has 1 aliphatic heterocycles. The van der Waals surface area contributed by atoms with Crippen LogP contribution in [0.3, 0.4) is 0 Å².